The molecule has 4 N–H and O–H groups in total. The molecule has 0 aromatic heterocycles. The summed E-state index contributed by atoms with van der Waals surface area (Å²) in [5, 5.41) is 4.72. The molecule has 0 aromatic carbocycles. The van der Waals surface area contributed by atoms with Gasteiger partial charge in [-0.1, -0.05) is 0 Å². The van der Waals surface area contributed by atoms with Crippen LogP contribution in [0.3, 0.4) is 0 Å². The zero-order valence-corrected chi connectivity index (χ0v) is 14.2. The molecule has 1 unspecified atom stereocenters. The predicted octanol–water partition coefficient (Wildman–Crippen LogP) is 1.01. The summed E-state index contributed by atoms with van der Waals surface area (Å²) < 4.78 is 49.3. The van der Waals surface area contributed by atoms with Crippen molar-refractivity contribution >= 4 is 24.1 Å². The van der Waals surface area contributed by atoms with Crippen molar-refractivity contribution in [2.45, 2.75) is 39.1 Å². The first-order valence-electron chi connectivity index (χ1n) is 7.56. The van der Waals surface area contributed by atoms with E-state index in [1.54, 1.807) is 13.8 Å². The van der Waals surface area contributed by atoms with E-state index < -0.39 is 30.6 Å². The summed E-state index contributed by atoms with van der Waals surface area (Å²) in [4.78, 5) is 36.7. The summed E-state index contributed by atoms with van der Waals surface area (Å²) in [6, 6.07) is 0. The number of alkyl carbamates (subject to hydrolysis) is 1. The first-order valence-corrected chi connectivity index (χ1v) is 7.56. The topological polar surface area (TPSA) is 141 Å². The molecule has 0 aliphatic rings. The summed E-state index contributed by atoms with van der Waals surface area (Å²) in [5.41, 5.74) is 5.26. The number of carbonyl (C=O) groups is 3. The van der Waals surface area contributed by atoms with Crippen molar-refractivity contribution in [2.24, 2.45) is 10.7 Å². The lowest BCUT2D eigenvalue weighted by Crippen LogP contribution is -2.42. The molecule has 0 spiro atoms. The molecule has 0 fully saturated rings. The maximum atomic E-state index is 12.0. The quantitative estimate of drug-likeness (QED) is 0.147. The number of rotatable bonds is 7. The van der Waals surface area contributed by atoms with Crippen molar-refractivity contribution in [3.05, 3.63) is 0 Å². The van der Waals surface area contributed by atoms with Gasteiger partial charge in [-0.2, -0.15) is 13.2 Å². The van der Waals surface area contributed by atoms with Crippen LogP contribution >= 0.6 is 0 Å². The summed E-state index contributed by atoms with van der Waals surface area (Å²) in [6.45, 7) is 3.32. The molecule has 1 atom stereocenters. The number of hydrogen-bond acceptors (Lipinski definition) is 7. The molecule has 0 heterocycles. The first-order chi connectivity index (χ1) is 12.1. The molecule has 0 aliphatic heterocycles. The van der Waals surface area contributed by atoms with E-state index in [4.69, 9.17) is 5.73 Å². The Kier molecular flexibility index (Phi) is 10.7. The van der Waals surface area contributed by atoms with Gasteiger partial charge >= 0.3 is 24.3 Å². The van der Waals surface area contributed by atoms with Crippen molar-refractivity contribution in [1.29, 1.82) is 0 Å². The number of amides is 2. The molecule has 10 nitrogen and oxygen atoms in total. The zero-order valence-electron chi connectivity index (χ0n) is 14.2. The van der Waals surface area contributed by atoms with Crippen LogP contribution in [0.15, 0.2) is 4.99 Å². The van der Waals surface area contributed by atoms with Gasteiger partial charge in [0.2, 0.25) is 5.96 Å². The minimum absolute atomic E-state index is 0.0436. The van der Waals surface area contributed by atoms with Crippen molar-refractivity contribution in [3.63, 3.8) is 0 Å². The van der Waals surface area contributed by atoms with E-state index in [2.05, 4.69) is 29.8 Å². The molecule has 13 heteroatoms. The lowest BCUT2D eigenvalue weighted by atomic mass is 10.3. The number of hydrogen-bond donors (Lipinski definition) is 3. The zero-order chi connectivity index (χ0) is 20.2. The van der Waals surface area contributed by atoms with Gasteiger partial charge in [-0.3, -0.25) is 11.1 Å². The van der Waals surface area contributed by atoms with Gasteiger partial charge in [0.25, 0.3) is 0 Å². The predicted molar refractivity (Wildman–Crippen MR) is 82.0 cm³/mol. The highest BCUT2D eigenvalue weighted by Crippen LogP contribution is 2.17. The van der Waals surface area contributed by atoms with Crippen LogP contribution in [-0.2, 0) is 19.0 Å². The van der Waals surface area contributed by atoms with E-state index in [1.165, 1.54) is 0 Å². The van der Waals surface area contributed by atoms with Gasteiger partial charge in [0.1, 0.15) is 0 Å². The number of halogens is 3. The molecule has 0 aliphatic carbocycles. The molecule has 150 valence electrons. The third-order valence-corrected chi connectivity index (χ3v) is 2.41. The summed E-state index contributed by atoms with van der Waals surface area (Å²) in [6.07, 6.45) is -8.41. The van der Waals surface area contributed by atoms with E-state index >= 15 is 0 Å². The van der Waals surface area contributed by atoms with Gasteiger partial charge in [-0.05, 0) is 26.7 Å². The molecule has 0 bridgehead atoms. The van der Waals surface area contributed by atoms with Crippen molar-refractivity contribution in [2.75, 3.05) is 19.8 Å². The molecule has 2 amide bonds. The van der Waals surface area contributed by atoms with Crippen LogP contribution in [0.1, 0.15) is 26.7 Å². The fourth-order valence-corrected chi connectivity index (χ4v) is 1.40. The van der Waals surface area contributed by atoms with E-state index in [9.17, 15) is 27.6 Å². The summed E-state index contributed by atoms with van der Waals surface area (Å²) in [5.74, 6) is -2.66. The fraction of sp³-hybridized carbons (Fsp3) is 0.692. The molecule has 0 aromatic rings. The minimum Gasteiger partial charge on any atom is -0.450 e. The van der Waals surface area contributed by atoms with Gasteiger partial charge in [-0.25, -0.2) is 14.4 Å². The highest BCUT2D eigenvalue weighted by Gasteiger charge is 2.41. The molecule has 0 saturated carbocycles. The third kappa shape index (κ3) is 11.1. The second kappa shape index (κ2) is 11.9. The van der Waals surface area contributed by atoms with Crippen LogP contribution in [0.4, 0.5) is 22.8 Å². The number of nitrogens with one attached hydrogen (secondary N) is 2. The number of ether oxygens (including phenoxy) is 3. The smallest absolute Gasteiger partial charge is 0.450 e. The molecule has 0 radical (unpaired) electrons. The van der Waals surface area contributed by atoms with Gasteiger partial charge in [-0.15, -0.1) is 4.99 Å². The first kappa shape index (κ1) is 23.4. The van der Waals surface area contributed by atoms with Gasteiger partial charge in [0.15, 0.2) is 6.23 Å². The van der Waals surface area contributed by atoms with Gasteiger partial charge < -0.3 is 19.5 Å². The summed E-state index contributed by atoms with van der Waals surface area (Å²) in [7, 11) is 0. The summed E-state index contributed by atoms with van der Waals surface area (Å²) >= 11 is 0. The number of guanidine groups is 1. The standard InChI is InChI=1S/C13H21F3N4O6/c1-3-24-11(22)19-10(20-12(23)25-4-2)18-7-5-6-8(17)26-9(21)13(14,15)16/h8H,3-7,17H2,1-2H3,(H2,18,19,20,22,23). The second-order valence-electron chi connectivity index (χ2n) is 4.52. The van der Waals surface area contributed by atoms with Crippen LogP contribution in [-0.4, -0.2) is 56.3 Å². The Hall–Kier alpha value is -2.57. The van der Waals surface area contributed by atoms with Crippen molar-refractivity contribution < 1.29 is 41.8 Å². The van der Waals surface area contributed by atoms with Crippen molar-refractivity contribution in [3.8, 4) is 0 Å². The van der Waals surface area contributed by atoms with Crippen molar-refractivity contribution in [1.82, 2.24) is 10.6 Å². The van der Waals surface area contributed by atoms with Gasteiger partial charge in [0, 0.05) is 6.54 Å². The lowest BCUT2D eigenvalue weighted by molar-refractivity contribution is -0.204. The second-order valence-corrected chi connectivity index (χ2v) is 4.52. The molecule has 26 heavy (non-hydrogen) atoms. The maximum Gasteiger partial charge on any atom is 0.490 e. The van der Waals surface area contributed by atoms with E-state index in [-0.39, 0.29) is 38.6 Å². The normalized spacial score (nSPS) is 12.8. The molecular formula is C13H21F3N4O6. The molecule has 0 rings (SSSR count). The van der Waals surface area contributed by atoms with E-state index in [1.807, 2.05) is 0 Å². The van der Waals surface area contributed by atoms with Crippen LogP contribution in [0.25, 0.3) is 0 Å². The Morgan fingerprint density at radius 1 is 1.15 bits per heavy atom. The Balaban J connectivity index is 4.45. The molecular weight excluding hydrogens is 365 g/mol. The van der Waals surface area contributed by atoms with Gasteiger partial charge in [0.05, 0.1) is 13.2 Å². The average Bonchev–Trinajstić information content (AvgIpc) is 2.50. The largest absolute Gasteiger partial charge is 0.490 e. The lowest BCUT2D eigenvalue weighted by Gasteiger charge is -2.15. The monoisotopic (exact) mass is 386 g/mol. The Labute approximate surface area is 147 Å². The minimum atomic E-state index is -5.13. The maximum absolute atomic E-state index is 12.0. The third-order valence-electron chi connectivity index (χ3n) is 2.41. The van der Waals surface area contributed by atoms with E-state index in [0.717, 1.165) is 0 Å². The van der Waals surface area contributed by atoms with Crippen LogP contribution < -0.4 is 16.4 Å². The number of esters is 1. The number of carbonyl (C=O) groups excluding carboxylic acids is 3. The Bertz CT molecular complexity index is 513. The number of aliphatic imine (C=N–C) groups is 1. The number of nitrogens with two attached hydrogens (primary N) is 1. The van der Waals surface area contributed by atoms with Crippen LogP contribution in [0.5, 0.6) is 0 Å². The number of alkyl halides is 3. The highest BCUT2D eigenvalue weighted by molar-refractivity contribution is 5.98. The highest BCUT2D eigenvalue weighted by atomic mass is 19.4. The number of nitrogens with zero attached hydrogens (tertiary/aromatic N) is 1. The van der Waals surface area contributed by atoms with Crippen LogP contribution in [0.2, 0.25) is 0 Å². The Morgan fingerprint density at radius 3 is 2.31 bits per heavy atom. The Morgan fingerprint density at radius 2 is 1.77 bits per heavy atom. The van der Waals surface area contributed by atoms with E-state index in [0.29, 0.717) is 0 Å². The molecule has 0 saturated heterocycles. The SMILES string of the molecule is CCOC(=O)N=C(NCCCC(N)OC(=O)C(F)(F)F)NC(=O)OCC. The fourth-order valence-electron chi connectivity index (χ4n) is 1.40. The average molecular weight is 386 g/mol. The van der Waals surface area contributed by atoms with Crippen LogP contribution in [0, 0.1) is 0 Å².